The second-order valence-electron chi connectivity index (χ2n) is 5.23. The quantitative estimate of drug-likeness (QED) is 0.741. The molecule has 1 aromatic carbocycles. The van der Waals surface area contributed by atoms with E-state index in [4.69, 9.17) is 16.3 Å². The highest BCUT2D eigenvalue weighted by atomic mass is 35.5. The minimum absolute atomic E-state index is 0.284. The van der Waals surface area contributed by atoms with Gasteiger partial charge in [0, 0.05) is 17.9 Å². The van der Waals surface area contributed by atoms with Crippen LogP contribution in [0.2, 0.25) is 5.02 Å². The smallest absolute Gasteiger partial charge is 0.422 e. The standard InChI is InChI=1S/C15H14ClNO3/c1-10-6-8-15(9-7-10)13(18)17(14(19)20-15)12-4-2-11(16)3-5-12/h2-6H,7-9H2,1H3. The molecule has 0 aromatic heterocycles. The number of imide groups is 1. The molecule has 0 saturated carbocycles. The Bertz CT molecular complexity index is 608. The van der Waals surface area contributed by atoms with Crippen LogP contribution >= 0.6 is 11.6 Å². The highest BCUT2D eigenvalue weighted by Gasteiger charge is 2.54. The summed E-state index contributed by atoms with van der Waals surface area (Å²) in [6.07, 6.45) is 3.13. The molecule has 2 amide bonds. The van der Waals surface area contributed by atoms with Crippen molar-refractivity contribution in [3.63, 3.8) is 0 Å². The number of halogens is 1. The third-order valence-corrected chi connectivity index (χ3v) is 4.10. The van der Waals surface area contributed by atoms with Crippen LogP contribution in [0.5, 0.6) is 0 Å². The first-order chi connectivity index (χ1) is 9.52. The van der Waals surface area contributed by atoms with Gasteiger partial charge in [-0.05, 0) is 37.6 Å². The van der Waals surface area contributed by atoms with Gasteiger partial charge in [0.25, 0.3) is 5.91 Å². The van der Waals surface area contributed by atoms with Crippen molar-refractivity contribution in [3.8, 4) is 0 Å². The van der Waals surface area contributed by atoms with Gasteiger partial charge >= 0.3 is 6.09 Å². The van der Waals surface area contributed by atoms with Crippen LogP contribution in [0.3, 0.4) is 0 Å². The zero-order valence-corrected chi connectivity index (χ0v) is 11.8. The molecular weight excluding hydrogens is 278 g/mol. The summed E-state index contributed by atoms with van der Waals surface area (Å²) in [6, 6.07) is 6.58. The summed E-state index contributed by atoms with van der Waals surface area (Å²) < 4.78 is 5.41. The highest BCUT2D eigenvalue weighted by molar-refractivity contribution is 6.30. The van der Waals surface area contributed by atoms with Crippen molar-refractivity contribution in [2.45, 2.75) is 31.8 Å². The second-order valence-corrected chi connectivity index (χ2v) is 5.67. The van der Waals surface area contributed by atoms with Gasteiger partial charge in [-0.15, -0.1) is 0 Å². The number of carbonyl (C=O) groups excluding carboxylic acids is 2. The molecule has 5 heteroatoms. The number of hydrogen-bond acceptors (Lipinski definition) is 3. The van der Waals surface area contributed by atoms with Crippen LogP contribution in [-0.2, 0) is 9.53 Å². The molecule has 1 fully saturated rings. The van der Waals surface area contributed by atoms with Crippen LogP contribution in [-0.4, -0.2) is 17.6 Å². The summed E-state index contributed by atoms with van der Waals surface area (Å²) in [4.78, 5) is 25.8. The Labute approximate surface area is 122 Å². The summed E-state index contributed by atoms with van der Waals surface area (Å²) in [6.45, 7) is 2.02. The molecule has 1 saturated heterocycles. The zero-order chi connectivity index (χ0) is 14.3. The Morgan fingerprint density at radius 2 is 1.95 bits per heavy atom. The van der Waals surface area contributed by atoms with E-state index in [2.05, 4.69) is 0 Å². The first-order valence-electron chi connectivity index (χ1n) is 6.51. The molecule has 20 heavy (non-hydrogen) atoms. The molecule has 1 heterocycles. The maximum atomic E-state index is 12.6. The van der Waals surface area contributed by atoms with Gasteiger partial charge in [0.2, 0.25) is 0 Å². The van der Waals surface area contributed by atoms with Crippen LogP contribution in [0.15, 0.2) is 35.9 Å². The molecule has 0 N–H and O–H groups in total. The maximum absolute atomic E-state index is 12.6. The average molecular weight is 292 g/mol. The minimum atomic E-state index is -1.02. The monoisotopic (exact) mass is 291 g/mol. The fraction of sp³-hybridized carbons (Fsp3) is 0.333. The lowest BCUT2D eigenvalue weighted by molar-refractivity contribution is -0.130. The molecule has 1 aromatic rings. The highest BCUT2D eigenvalue weighted by Crippen LogP contribution is 2.39. The van der Waals surface area contributed by atoms with Gasteiger partial charge in [0.05, 0.1) is 5.69 Å². The van der Waals surface area contributed by atoms with E-state index in [1.54, 1.807) is 24.3 Å². The van der Waals surface area contributed by atoms with E-state index in [-0.39, 0.29) is 5.91 Å². The second kappa shape index (κ2) is 4.63. The van der Waals surface area contributed by atoms with Crippen LogP contribution < -0.4 is 4.90 Å². The van der Waals surface area contributed by atoms with Gasteiger partial charge in [0.1, 0.15) is 0 Å². The van der Waals surface area contributed by atoms with Gasteiger partial charge in [-0.1, -0.05) is 23.3 Å². The Balaban J connectivity index is 1.93. The number of nitrogens with zero attached hydrogens (tertiary/aromatic N) is 1. The number of hydrogen-bond donors (Lipinski definition) is 0. The van der Waals surface area contributed by atoms with E-state index < -0.39 is 11.7 Å². The van der Waals surface area contributed by atoms with Gasteiger partial charge in [0.15, 0.2) is 5.60 Å². The maximum Gasteiger partial charge on any atom is 0.422 e. The summed E-state index contributed by atoms with van der Waals surface area (Å²) in [5.41, 5.74) is 0.702. The van der Waals surface area contributed by atoms with Crippen LogP contribution in [0, 0.1) is 0 Å². The Morgan fingerprint density at radius 1 is 1.25 bits per heavy atom. The predicted molar refractivity (Wildman–Crippen MR) is 75.8 cm³/mol. The first-order valence-corrected chi connectivity index (χ1v) is 6.88. The number of allylic oxidation sites excluding steroid dienone is 1. The molecular formula is C15H14ClNO3. The van der Waals surface area contributed by atoms with Gasteiger partial charge in [-0.3, -0.25) is 4.79 Å². The van der Waals surface area contributed by atoms with E-state index >= 15 is 0 Å². The molecule has 4 nitrogen and oxygen atoms in total. The van der Waals surface area contributed by atoms with E-state index in [0.717, 1.165) is 11.3 Å². The normalized spacial score (nSPS) is 25.9. The lowest BCUT2D eigenvalue weighted by atomic mass is 9.85. The number of carbonyl (C=O) groups is 2. The van der Waals surface area contributed by atoms with Crippen molar-refractivity contribution in [2.24, 2.45) is 0 Å². The lowest BCUT2D eigenvalue weighted by Gasteiger charge is -2.27. The van der Waals surface area contributed by atoms with E-state index in [9.17, 15) is 9.59 Å². The molecule has 1 aliphatic carbocycles. The molecule has 0 bridgehead atoms. The van der Waals surface area contributed by atoms with Crippen LogP contribution in [0.1, 0.15) is 26.2 Å². The van der Waals surface area contributed by atoms with Crippen molar-refractivity contribution in [3.05, 3.63) is 40.9 Å². The molecule has 1 aliphatic heterocycles. The number of benzene rings is 1. The largest absolute Gasteiger partial charge is 0.432 e. The lowest BCUT2D eigenvalue weighted by Crippen LogP contribution is -2.42. The first kappa shape index (κ1) is 13.2. The molecule has 3 rings (SSSR count). The fourth-order valence-electron chi connectivity index (χ4n) is 2.59. The van der Waals surface area contributed by atoms with E-state index in [0.29, 0.717) is 23.6 Å². The summed E-state index contributed by atoms with van der Waals surface area (Å²) in [5, 5.41) is 0.555. The minimum Gasteiger partial charge on any atom is -0.432 e. The third-order valence-electron chi connectivity index (χ3n) is 3.85. The summed E-state index contributed by atoms with van der Waals surface area (Å²) in [7, 11) is 0. The average Bonchev–Trinajstić information content (AvgIpc) is 2.67. The number of ether oxygens (including phenoxy) is 1. The summed E-state index contributed by atoms with van der Waals surface area (Å²) >= 11 is 5.82. The Kier molecular flexibility index (Phi) is 3.05. The molecule has 104 valence electrons. The van der Waals surface area contributed by atoms with Gasteiger partial charge < -0.3 is 4.74 Å². The third kappa shape index (κ3) is 2.00. The number of amides is 2. The Hall–Kier alpha value is -1.81. The van der Waals surface area contributed by atoms with Gasteiger partial charge in [-0.2, -0.15) is 0 Å². The van der Waals surface area contributed by atoms with Crippen molar-refractivity contribution in [1.82, 2.24) is 0 Å². The predicted octanol–water partition coefficient (Wildman–Crippen LogP) is 3.69. The molecule has 1 spiro atoms. The molecule has 2 aliphatic rings. The van der Waals surface area contributed by atoms with Crippen molar-refractivity contribution < 1.29 is 14.3 Å². The van der Waals surface area contributed by atoms with Crippen molar-refractivity contribution in [1.29, 1.82) is 0 Å². The SMILES string of the molecule is CC1=CCC2(CC1)OC(=O)N(c1ccc(Cl)cc1)C2=O. The number of rotatable bonds is 1. The van der Waals surface area contributed by atoms with Crippen molar-refractivity contribution >= 4 is 29.3 Å². The Morgan fingerprint density at radius 3 is 2.55 bits per heavy atom. The number of anilines is 1. The molecule has 1 unspecified atom stereocenters. The summed E-state index contributed by atoms with van der Waals surface area (Å²) in [5.74, 6) is -0.284. The van der Waals surface area contributed by atoms with E-state index in [1.807, 2.05) is 13.0 Å². The topological polar surface area (TPSA) is 46.6 Å². The molecule has 1 atom stereocenters. The van der Waals surface area contributed by atoms with E-state index in [1.165, 1.54) is 5.57 Å². The van der Waals surface area contributed by atoms with Crippen LogP contribution in [0.4, 0.5) is 10.5 Å². The fourth-order valence-corrected chi connectivity index (χ4v) is 2.71. The van der Waals surface area contributed by atoms with Crippen LogP contribution in [0.25, 0.3) is 0 Å². The molecule has 0 radical (unpaired) electrons. The van der Waals surface area contributed by atoms with Crippen molar-refractivity contribution in [2.75, 3.05) is 4.90 Å². The zero-order valence-electron chi connectivity index (χ0n) is 11.1. The van der Waals surface area contributed by atoms with Gasteiger partial charge in [-0.25, -0.2) is 9.69 Å².